The Morgan fingerprint density at radius 3 is 2.38 bits per heavy atom. The van der Waals surface area contributed by atoms with Gasteiger partial charge in [0.05, 0.1) is 4.92 Å². The molecule has 0 aliphatic rings. The van der Waals surface area contributed by atoms with Crippen molar-refractivity contribution >= 4 is 28.9 Å². The quantitative estimate of drug-likeness (QED) is 0.467. The van der Waals surface area contributed by atoms with Crippen LogP contribution in [-0.2, 0) is 11.5 Å². The van der Waals surface area contributed by atoms with Crippen LogP contribution in [0.1, 0.15) is 17.4 Å². The minimum Gasteiger partial charge on any atom is -0.464 e. The molecule has 0 aliphatic heterocycles. The molecule has 148 valence electrons. The minimum atomic E-state index is -0.533. The maximum absolute atomic E-state index is 12.3. The molecule has 0 fully saturated rings. The number of hydrogen-bond acceptors (Lipinski definition) is 6. The summed E-state index contributed by atoms with van der Waals surface area (Å²) < 4.78 is 6.79. The standard InChI is InChI=1S/C19H17N5O5/c1-13(25)20-14-6-8-15(9-7-14)21-19(26)16-10-11-23(22-16)12-29-18-5-3-2-4-17(18)24(27)28/h2-11H,12H2,1H3,(H,20,25)(H,21,26). The minimum absolute atomic E-state index is 0.0937. The first kappa shape index (κ1) is 19.5. The number of anilines is 2. The molecule has 0 aliphatic carbocycles. The van der Waals surface area contributed by atoms with E-state index in [1.165, 1.54) is 36.0 Å². The first-order valence-corrected chi connectivity index (χ1v) is 8.51. The SMILES string of the molecule is CC(=O)Nc1ccc(NC(=O)c2ccn(COc3ccccc3[N+](=O)[O-])n2)cc1. The zero-order valence-electron chi connectivity index (χ0n) is 15.4. The maximum Gasteiger partial charge on any atom is 0.311 e. The van der Waals surface area contributed by atoms with E-state index in [0.29, 0.717) is 11.4 Å². The summed E-state index contributed by atoms with van der Waals surface area (Å²) in [7, 11) is 0. The predicted octanol–water partition coefficient (Wildman–Crippen LogP) is 3.04. The third-order valence-electron chi connectivity index (χ3n) is 3.75. The molecular weight excluding hydrogens is 378 g/mol. The highest BCUT2D eigenvalue weighted by atomic mass is 16.6. The number of carbonyl (C=O) groups is 2. The number of benzene rings is 2. The van der Waals surface area contributed by atoms with Gasteiger partial charge in [-0.1, -0.05) is 12.1 Å². The van der Waals surface area contributed by atoms with Crippen molar-refractivity contribution in [3.8, 4) is 5.75 Å². The largest absolute Gasteiger partial charge is 0.464 e. The number of hydrogen-bond donors (Lipinski definition) is 2. The Morgan fingerprint density at radius 2 is 1.72 bits per heavy atom. The Kier molecular flexibility index (Phi) is 5.83. The average Bonchev–Trinajstić information content (AvgIpc) is 3.17. The normalized spacial score (nSPS) is 10.2. The summed E-state index contributed by atoms with van der Waals surface area (Å²) in [5.74, 6) is -0.504. The number of nitrogens with one attached hydrogen (secondary N) is 2. The Balaban J connectivity index is 1.60. The molecule has 0 bridgehead atoms. The lowest BCUT2D eigenvalue weighted by Gasteiger charge is -2.07. The van der Waals surface area contributed by atoms with Crippen molar-refractivity contribution in [1.82, 2.24) is 9.78 Å². The van der Waals surface area contributed by atoms with E-state index in [1.807, 2.05) is 0 Å². The van der Waals surface area contributed by atoms with Gasteiger partial charge in [0.1, 0.15) is 0 Å². The number of rotatable bonds is 7. The molecule has 2 amide bonds. The zero-order chi connectivity index (χ0) is 20.8. The number of nitro groups is 1. The van der Waals surface area contributed by atoms with Crippen molar-refractivity contribution in [2.45, 2.75) is 13.7 Å². The molecule has 29 heavy (non-hydrogen) atoms. The smallest absolute Gasteiger partial charge is 0.311 e. The molecule has 1 heterocycles. The Morgan fingerprint density at radius 1 is 1.07 bits per heavy atom. The van der Waals surface area contributed by atoms with E-state index in [2.05, 4.69) is 15.7 Å². The monoisotopic (exact) mass is 395 g/mol. The molecule has 2 N–H and O–H groups in total. The second-order valence-corrected chi connectivity index (χ2v) is 5.95. The lowest BCUT2D eigenvalue weighted by Crippen LogP contribution is -2.14. The third-order valence-corrected chi connectivity index (χ3v) is 3.75. The van der Waals surface area contributed by atoms with E-state index in [9.17, 15) is 19.7 Å². The number of amides is 2. The van der Waals surface area contributed by atoms with Gasteiger partial charge in [-0.25, -0.2) is 4.68 Å². The molecule has 0 radical (unpaired) electrons. The van der Waals surface area contributed by atoms with Gasteiger partial charge in [-0.2, -0.15) is 5.10 Å². The van der Waals surface area contributed by atoms with Gasteiger partial charge >= 0.3 is 5.69 Å². The van der Waals surface area contributed by atoms with Gasteiger partial charge in [-0.15, -0.1) is 0 Å². The van der Waals surface area contributed by atoms with Crippen molar-refractivity contribution in [1.29, 1.82) is 0 Å². The highest BCUT2D eigenvalue weighted by Crippen LogP contribution is 2.26. The first-order chi connectivity index (χ1) is 13.9. The van der Waals surface area contributed by atoms with Crippen LogP contribution in [0.15, 0.2) is 60.8 Å². The second-order valence-electron chi connectivity index (χ2n) is 5.95. The molecular formula is C19H17N5O5. The number of para-hydroxylation sites is 2. The molecule has 0 atom stereocenters. The van der Waals surface area contributed by atoms with Gasteiger partial charge < -0.3 is 15.4 Å². The summed E-state index contributed by atoms with van der Waals surface area (Å²) >= 11 is 0. The van der Waals surface area contributed by atoms with Crippen LogP contribution in [0, 0.1) is 10.1 Å². The van der Waals surface area contributed by atoms with Crippen LogP contribution in [0.4, 0.5) is 17.1 Å². The van der Waals surface area contributed by atoms with Crippen LogP contribution in [0.25, 0.3) is 0 Å². The molecule has 0 saturated heterocycles. The van der Waals surface area contributed by atoms with Crippen LogP contribution < -0.4 is 15.4 Å². The summed E-state index contributed by atoms with van der Waals surface area (Å²) in [5, 5.41) is 20.4. The molecule has 3 rings (SSSR count). The number of nitrogens with zero attached hydrogens (tertiary/aromatic N) is 3. The van der Waals surface area contributed by atoms with Gasteiger partial charge in [0.2, 0.25) is 5.91 Å². The number of ether oxygens (including phenoxy) is 1. The van der Waals surface area contributed by atoms with Crippen molar-refractivity contribution in [3.05, 3.63) is 76.6 Å². The third kappa shape index (κ3) is 5.16. The molecule has 1 aromatic heterocycles. The summed E-state index contributed by atoms with van der Waals surface area (Å²) in [6.45, 7) is 1.31. The van der Waals surface area contributed by atoms with E-state index in [1.54, 1.807) is 36.4 Å². The summed E-state index contributed by atoms with van der Waals surface area (Å²) in [6, 6.07) is 14.1. The van der Waals surface area contributed by atoms with E-state index in [4.69, 9.17) is 4.74 Å². The highest BCUT2D eigenvalue weighted by Gasteiger charge is 2.14. The van der Waals surface area contributed by atoms with E-state index in [-0.39, 0.29) is 29.8 Å². The molecule has 3 aromatic rings. The van der Waals surface area contributed by atoms with Crippen LogP contribution in [0.5, 0.6) is 5.75 Å². The average molecular weight is 395 g/mol. The maximum atomic E-state index is 12.3. The number of carbonyl (C=O) groups excluding carboxylic acids is 2. The van der Waals surface area contributed by atoms with Crippen LogP contribution >= 0.6 is 0 Å². The summed E-state index contributed by atoms with van der Waals surface area (Å²) in [4.78, 5) is 33.8. The Labute approximate surface area is 165 Å². The van der Waals surface area contributed by atoms with Gasteiger partial charge in [-0.05, 0) is 36.4 Å². The van der Waals surface area contributed by atoms with E-state index >= 15 is 0 Å². The lowest BCUT2D eigenvalue weighted by molar-refractivity contribution is -0.386. The summed E-state index contributed by atoms with van der Waals surface area (Å²) in [6.07, 6.45) is 1.53. The fourth-order valence-electron chi connectivity index (χ4n) is 2.46. The van der Waals surface area contributed by atoms with Crippen LogP contribution in [0.3, 0.4) is 0 Å². The first-order valence-electron chi connectivity index (χ1n) is 8.51. The van der Waals surface area contributed by atoms with E-state index < -0.39 is 10.8 Å². The highest BCUT2D eigenvalue weighted by molar-refractivity contribution is 6.03. The molecule has 0 spiro atoms. The molecule has 0 unspecified atom stereocenters. The molecule has 10 heteroatoms. The van der Waals surface area contributed by atoms with Crippen molar-refractivity contribution in [2.24, 2.45) is 0 Å². The molecule has 0 saturated carbocycles. The number of aromatic nitrogens is 2. The lowest BCUT2D eigenvalue weighted by atomic mass is 10.2. The Bertz CT molecular complexity index is 1050. The van der Waals surface area contributed by atoms with E-state index in [0.717, 1.165) is 0 Å². The van der Waals surface area contributed by atoms with Crippen LogP contribution in [0.2, 0.25) is 0 Å². The fraction of sp³-hybridized carbons (Fsp3) is 0.105. The zero-order valence-corrected chi connectivity index (χ0v) is 15.4. The van der Waals surface area contributed by atoms with Crippen molar-refractivity contribution in [2.75, 3.05) is 10.6 Å². The predicted molar refractivity (Wildman–Crippen MR) is 105 cm³/mol. The molecule has 2 aromatic carbocycles. The fourth-order valence-corrected chi connectivity index (χ4v) is 2.46. The van der Waals surface area contributed by atoms with Crippen LogP contribution in [-0.4, -0.2) is 26.5 Å². The summed E-state index contributed by atoms with van der Waals surface area (Å²) in [5.41, 5.74) is 1.16. The topological polar surface area (TPSA) is 128 Å². The second kappa shape index (κ2) is 8.65. The molecule has 10 nitrogen and oxygen atoms in total. The Hall–Kier alpha value is -4.21. The number of nitro benzene ring substituents is 1. The van der Waals surface area contributed by atoms with Gasteiger partial charge in [-0.3, -0.25) is 19.7 Å². The van der Waals surface area contributed by atoms with Crippen molar-refractivity contribution < 1.29 is 19.2 Å². The van der Waals surface area contributed by atoms with Gasteiger partial charge in [0, 0.05) is 30.6 Å². The van der Waals surface area contributed by atoms with Gasteiger partial charge in [0.15, 0.2) is 18.2 Å². The van der Waals surface area contributed by atoms with Gasteiger partial charge in [0.25, 0.3) is 5.91 Å². The van der Waals surface area contributed by atoms with Crippen molar-refractivity contribution in [3.63, 3.8) is 0 Å².